The molecule has 3 aromatic rings. The Bertz CT molecular complexity index is 1180. The molecule has 3 aromatic heterocycles. The Labute approximate surface area is 148 Å². The van der Waals surface area contributed by atoms with Crippen molar-refractivity contribution in [1.82, 2.24) is 23.1 Å². The zero-order valence-corrected chi connectivity index (χ0v) is 15.4. The second-order valence-electron chi connectivity index (χ2n) is 6.49. The Morgan fingerprint density at radius 3 is 2.31 bits per heavy atom. The summed E-state index contributed by atoms with van der Waals surface area (Å²) in [6.45, 7) is 4.39. The van der Waals surface area contributed by atoms with Gasteiger partial charge in [0, 0.05) is 20.6 Å². The SMILES string of the molecule is CCCCn1c(O)c(CCC)c(=O)n2c3c(=O)n(C)c(=O)n(C)c3nc12. The van der Waals surface area contributed by atoms with Crippen molar-refractivity contribution in [1.29, 1.82) is 0 Å². The molecule has 0 aliphatic heterocycles. The number of nitrogens with zero attached hydrogens (tertiary/aromatic N) is 5. The second-order valence-corrected chi connectivity index (χ2v) is 6.49. The van der Waals surface area contributed by atoms with Crippen molar-refractivity contribution in [2.75, 3.05) is 0 Å². The smallest absolute Gasteiger partial charge is 0.332 e. The third-order valence-corrected chi connectivity index (χ3v) is 4.70. The third kappa shape index (κ3) is 2.38. The highest BCUT2D eigenvalue weighted by Crippen LogP contribution is 2.21. The first-order chi connectivity index (χ1) is 12.3. The van der Waals surface area contributed by atoms with Crippen LogP contribution >= 0.6 is 0 Å². The highest BCUT2D eigenvalue weighted by atomic mass is 16.3. The van der Waals surface area contributed by atoms with Gasteiger partial charge in [0.05, 0.1) is 5.56 Å². The monoisotopic (exact) mass is 361 g/mol. The van der Waals surface area contributed by atoms with E-state index in [-0.39, 0.29) is 28.4 Å². The number of aromatic hydroxyl groups is 1. The Hall–Kier alpha value is -2.84. The lowest BCUT2D eigenvalue weighted by molar-refractivity contribution is 0.399. The molecule has 0 fully saturated rings. The summed E-state index contributed by atoms with van der Waals surface area (Å²) in [5.74, 6) is 0.0593. The van der Waals surface area contributed by atoms with Gasteiger partial charge in [-0.25, -0.2) is 9.20 Å². The maximum absolute atomic E-state index is 13.0. The van der Waals surface area contributed by atoms with Crippen molar-refractivity contribution in [3.05, 3.63) is 36.8 Å². The molecule has 0 atom stereocenters. The Kier molecular flexibility index (Phi) is 4.47. The van der Waals surface area contributed by atoms with E-state index < -0.39 is 16.8 Å². The third-order valence-electron chi connectivity index (χ3n) is 4.70. The first-order valence-electron chi connectivity index (χ1n) is 8.77. The van der Waals surface area contributed by atoms with Crippen LogP contribution in [0.2, 0.25) is 0 Å². The maximum atomic E-state index is 13.0. The zero-order chi connectivity index (χ0) is 19.2. The van der Waals surface area contributed by atoms with Crippen molar-refractivity contribution >= 4 is 16.9 Å². The van der Waals surface area contributed by atoms with Gasteiger partial charge >= 0.3 is 5.69 Å². The highest BCUT2D eigenvalue weighted by molar-refractivity contribution is 5.75. The minimum absolute atomic E-state index is 0.0530. The van der Waals surface area contributed by atoms with Crippen molar-refractivity contribution in [2.45, 2.75) is 46.1 Å². The Balaban J connectivity index is 2.61. The van der Waals surface area contributed by atoms with E-state index in [9.17, 15) is 19.5 Å². The first-order valence-corrected chi connectivity index (χ1v) is 8.77. The largest absolute Gasteiger partial charge is 0.494 e. The Morgan fingerprint density at radius 1 is 1.00 bits per heavy atom. The van der Waals surface area contributed by atoms with Gasteiger partial charge in [-0.2, -0.15) is 4.98 Å². The van der Waals surface area contributed by atoms with E-state index in [0.717, 1.165) is 17.4 Å². The first kappa shape index (κ1) is 18.0. The molecule has 0 aliphatic carbocycles. The van der Waals surface area contributed by atoms with Crippen LogP contribution in [0.25, 0.3) is 16.9 Å². The number of aryl methyl sites for hydroxylation is 2. The van der Waals surface area contributed by atoms with Gasteiger partial charge in [0.15, 0.2) is 11.2 Å². The van der Waals surface area contributed by atoms with Crippen LogP contribution in [0.4, 0.5) is 0 Å². The molecule has 0 aromatic carbocycles. The summed E-state index contributed by atoms with van der Waals surface area (Å²) in [6.07, 6.45) is 2.73. The van der Waals surface area contributed by atoms with E-state index in [4.69, 9.17) is 0 Å². The number of rotatable bonds is 5. The van der Waals surface area contributed by atoms with Gasteiger partial charge in [0.1, 0.15) is 0 Å². The predicted octanol–water partition coefficient (Wildman–Crippen LogP) is 0.505. The minimum atomic E-state index is -0.581. The van der Waals surface area contributed by atoms with Gasteiger partial charge in [-0.15, -0.1) is 0 Å². The zero-order valence-electron chi connectivity index (χ0n) is 15.4. The minimum Gasteiger partial charge on any atom is -0.494 e. The maximum Gasteiger partial charge on any atom is 0.332 e. The molecule has 0 unspecified atom stereocenters. The lowest BCUT2D eigenvalue weighted by Gasteiger charge is -2.13. The van der Waals surface area contributed by atoms with Gasteiger partial charge in [-0.05, 0) is 12.8 Å². The van der Waals surface area contributed by atoms with E-state index >= 15 is 0 Å². The molecule has 3 rings (SSSR count). The molecule has 1 N–H and O–H groups in total. The summed E-state index contributed by atoms with van der Waals surface area (Å²) >= 11 is 0. The average Bonchev–Trinajstić information content (AvgIpc) is 3.02. The van der Waals surface area contributed by atoms with E-state index in [2.05, 4.69) is 4.98 Å². The normalized spacial score (nSPS) is 11.7. The summed E-state index contributed by atoms with van der Waals surface area (Å²) in [4.78, 5) is 42.3. The average molecular weight is 361 g/mol. The van der Waals surface area contributed by atoms with E-state index in [1.54, 1.807) is 4.57 Å². The molecule has 9 nitrogen and oxygen atoms in total. The lowest BCUT2D eigenvalue weighted by atomic mass is 10.2. The number of imidazole rings is 1. The summed E-state index contributed by atoms with van der Waals surface area (Å²) in [5, 5.41) is 10.7. The van der Waals surface area contributed by atoms with E-state index in [0.29, 0.717) is 19.4 Å². The summed E-state index contributed by atoms with van der Waals surface area (Å²) in [5.41, 5.74) is -1.12. The fourth-order valence-corrected chi connectivity index (χ4v) is 3.24. The van der Waals surface area contributed by atoms with Crippen molar-refractivity contribution in [2.24, 2.45) is 14.1 Å². The van der Waals surface area contributed by atoms with E-state index in [1.807, 2.05) is 13.8 Å². The fraction of sp³-hybridized carbons (Fsp3) is 0.529. The van der Waals surface area contributed by atoms with Gasteiger partial charge in [-0.1, -0.05) is 26.7 Å². The molecular weight excluding hydrogens is 338 g/mol. The molecule has 9 heteroatoms. The number of fused-ring (bicyclic) bond motifs is 3. The van der Waals surface area contributed by atoms with Gasteiger partial charge < -0.3 is 5.11 Å². The quantitative estimate of drug-likeness (QED) is 0.713. The fourth-order valence-electron chi connectivity index (χ4n) is 3.24. The summed E-state index contributed by atoms with van der Waals surface area (Å²) in [6, 6.07) is 0. The molecule has 0 saturated carbocycles. The summed E-state index contributed by atoms with van der Waals surface area (Å²) < 4.78 is 4.99. The molecule has 140 valence electrons. The molecule has 3 heterocycles. The van der Waals surface area contributed by atoms with Gasteiger partial charge in [-0.3, -0.25) is 23.3 Å². The number of aromatic nitrogens is 5. The second kappa shape index (κ2) is 6.47. The van der Waals surface area contributed by atoms with Crippen molar-refractivity contribution < 1.29 is 5.11 Å². The highest BCUT2D eigenvalue weighted by Gasteiger charge is 2.23. The molecule has 0 saturated heterocycles. The van der Waals surface area contributed by atoms with Crippen LogP contribution in [-0.4, -0.2) is 28.2 Å². The van der Waals surface area contributed by atoms with Crippen molar-refractivity contribution in [3.63, 3.8) is 0 Å². The number of unbranched alkanes of at least 4 members (excludes halogenated alkanes) is 1. The van der Waals surface area contributed by atoms with Crippen LogP contribution in [-0.2, 0) is 27.1 Å². The molecule has 0 bridgehead atoms. The van der Waals surface area contributed by atoms with Crippen LogP contribution in [0.5, 0.6) is 5.88 Å². The molecule has 0 spiro atoms. The molecular formula is C17H23N5O4. The van der Waals surface area contributed by atoms with Gasteiger partial charge in [0.25, 0.3) is 11.1 Å². The topological polar surface area (TPSA) is 104 Å². The Morgan fingerprint density at radius 2 is 1.69 bits per heavy atom. The standard InChI is InChI=1S/C17H23N5O4/c1-5-7-9-21-13(23)10(8-6-2)14(24)22-11-12(18-16(21)22)19(3)17(26)20(4)15(11)25/h23H,5-9H2,1-4H3. The number of hydrogen-bond acceptors (Lipinski definition) is 5. The molecule has 0 amide bonds. The van der Waals surface area contributed by atoms with E-state index in [1.165, 1.54) is 23.1 Å². The molecule has 0 aliphatic rings. The number of hydrogen-bond donors (Lipinski definition) is 1. The summed E-state index contributed by atoms with van der Waals surface area (Å²) in [7, 11) is 2.87. The van der Waals surface area contributed by atoms with Gasteiger partial charge in [0.2, 0.25) is 11.7 Å². The molecule has 0 radical (unpaired) electrons. The van der Waals surface area contributed by atoms with Crippen molar-refractivity contribution in [3.8, 4) is 5.88 Å². The van der Waals surface area contributed by atoms with Crippen LogP contribution in [0, 0.1) is 0 Å². The molecule has 26 heavy (non-hydrogen) atoms. The predicted molar refractivity (Wildman–Crippen MR) is 98.0 cm³/mol. The lowest BCUT2D eigenvalue weighted by Crippen LogP contribution is -2.38. The van der Waals surface area contributed by atoms with Crippen LogP contribution < -0.4 is 16.8 Å². The van der Waals surface area contributed by atoms with Crippen LogP contribution in [0.15, 0.2) is 14.4 Å². The van der Waals surface area contributed by atoms with Crippen LogP contribution in [0.3, 0.4) is 0 Å². The van der Waals surface area contributed by atoms with Crippen LogP contribution in [0.1, 0.15) is 38.7 Å².